The smallest absolute Gasteiger partial charge is 0.481 e. The number of hydrogen-bond donors (Lipinski definition) is 3. The Morgan fingerprint density at radius 3 is 1.73 bits per heavy atom. The first-order chi connectivity index (χ1) is 12.3. The molecule has 0 aromatic heterocycles. The lowest BCUT2D eigenvalue weighted by atomic mass is 9.75. The van der Waals surface area contributed by atoms with E-state index >= 15 is 0 Å². The number of carboxylic acids is 2. The third-order valence-electron chi connectivity index (χ3n) is 4.59. The van der Waals surface area contributed by atoms with Crippen molar-refractivity contribution in [3.8, 4) is 0 Å². The number of nitrogens with one attached hydrogen (secondary N) is 1. The molecule has 0 rings (SSSR count). The third-order valence-corrected chi connectivity index (χ3v) is 7.74. The van der Waals surface area contributed by atoms with E-state index in [-0.39, 0.29) is 12.8 Å². The molecule has 0 aliphatic carbocycles. The zero-order valence-electron chi connectivity index (χ0n) is 16.7. The van der Waals surface area contributed by atoms with E-state index in [0.29, 0.717) is 38.8 Å². The summed E-state index contributed by atoms with van der Waals surface area (Å²) in [7, 11) is -2.78. The van der Waals surface area contributed by atoms with Gasteiger partial charge in [-0.2, -0.15) is 0 Å². The van der Waals surface area contributed by atoms with Gasteiger partial charge in [-0.1, -0.05) is 13.8 Å². The summed E-state index contributed by atoms with van der Waals surface area (Å²) in [6, 6.07) is -0.613. The lowest BCUT2D eigenvalue weighted by Gasteiger charge is -2.34. The molecule has 0 aliphatic heterocycles. The maximum absolute atomic E-state index is 11.7. The van der Waals surface area contributed by atoms with Crippen LogP contribution in [0.3, 0.4) is 0 Å². The summed E-state index contributed by atoms with van der Waals surface area (Å²) in [6.07, 6.45) is 1.04. The van der Waals surface area contributed by atoms with Crippen LogP contribution in [0.2, 0.25) is 6.04 Å². The normalized spacial score (nSPS) is 13.6. The number of rotatable bonds is 16. The SMILES string of the molecule is CCO[Si](CCCN[C@H](C(=O)O)C(CC)(CC)C(=O)O)(OCC)OCC. The Hall–Kier alpha value is -1.00. The van der Waals surface area contributed by atoms with Gasteiger partial charge in [0.25, 0.3) is 0 Å². The average molecular weight is 394 g/mol. The van der Waals surface area contributed by atoms with Crippen molar-refractivity contribution in [3.63, 3.8) is 0 Å². The molecular formula is C17H35NO7Si. The van der Waals surface area contributed by atoms with E-state index < -0.39 is 32.2 Å². The second-order valence-corrected chi connectivity index (χ2v) is 8.71. The number of carboxylic acid groups (broad SMARTS) is 2. The van der Waals surface area contributed by atoms with Crippen molar-refractivity contribution in [3.05, 3.63) is 0 Å². The lowest BCUT2D eigenvalue weighted by molar-refractivity contribution is -0.159. The lowest BCUT2D eigenvalue weighted by Crippen LogP contribution is -2.54. The van der Waals surface area contributed by atoms with Crippen LogP contribution in [0.4, 0.5) is 0 Å². The Labute approximate surface area is 157 Å². The van der Waals surface area contributed by atoms with E-state index in [1.165, 1.54) is 0 Å². The molecule has 0 aliphatic rings. The second-order valence-electron chi connectivity index (χ2n) is 5.98. The van der Waals surface area contributed by atoms with E-state index in [2.05, 4.69) is 5.32 Å². The van der Waals surface area contributed by atoms with Crippen LogP contribution < -0.4 is 5.32 Å². The molecule has 3 N–H and O–H groups in total. The minimum Gasteiger partial charge on any atom is -0.481 e. The van der Waals surface area contributed by atoms with Gasteiger partial charge < -0.3 is 28.8 Å². The quantitative estimate of drug-likeness (QED) is 0.270. The van der Waals surface area contributed by atoms with Gasteiger partial charge in [-0.05, 0) is 46.6 Å². The second kappa shape index (κ2) is 12.4. The predicted octanol–water partition coefficient (Wildman–Crippen LogP) is 2.36. The Balaban J connectivity index is 5.01. The summed E-state index contributed by atoms with van der Waals surface area (Å²) < 4.78 is 17.3. The zero-order valence-corrected chi connectivity index (χ0v) is 17.7. The Morgan fingerprint density at radius 2 is 1.42 bits per heavy atom. The summed E-state index contributed by atoms with van der Waals surface area (Å²) in [6.45, 7) is 10.8. The summed E-state index contributed by atoms with van der Waals surface area (Å²) in [5.41, 5.74) is -1.33. The van der Waals surface area contributed by atoms with Gasteiger partial charge in [0.2, 0.25) is 0 Å². The van der Waals surface area contributed by atoms with Crippen LogP contribution in [0.1, 0.15) is 53.9 Å². The van der Waals surface area contributed by atoms with Gasteiger partial charge in [-0.25, -0.2) is 0 Å². The summed E-state index contributed by atoms with van der Waals surface area (Å²) in [5.74, 6) is -2.25. The van der Waals surface area contributed by atoms with E-state index in [1.54, 1.807) is 13.8 Å². The van der Waals surface area contributed by atoms with Crippen LogP contribution in [-0.2, 0) is 22.9 Å². The highest BCUT2D eigenvalue weighted by atomic mass is 28.4. The highest BCUT2D eigenvalue weighted by molar-refractivity contribution is 6.60. The highest BCUT2D eigenvalue weighted by Gasteiger charge is 2.47. The molecule has 0 heterocycles. The van der Waals surface area contributed by atoms with Gasteiger partial charge >= 0.3 is 20.7 Å². The van der Waals surface area contributed by atoms with Gasteiger partial charge in [0.15, 0.2) is 0 Å². The largest absolute Gasteiger partial charge is 0.500 e. The molecule has 154 valence electrons. The van der Waals surface area contributed by atoms with Crippen molar-refractivity contribution in [2.24, 2.45) is 5.41 Å². The van der Waals surface area contributed by atoms with Crippen LogP contribution >= 0.6 is 0 Å². The molecule has 1 atom stereocenters. The van der Waals surface area contributed by atoms with Gasteiger partial charge in [-0.15, -0.1) is 0 Å². The molecule has 0 fully saturated rings. The maximum Gasteiger partial charge on any atom is 0.500 e. The topological polar surface area (TPSA) is 114 Å². The fourth-order valence-corrected chi connectivity index (χ4v) is 5.77. The molecule has 0 saturated carbocycles. The molecule has 8 nitrogen and oxygen atoms in total. The van der Waals surface area contributed by atoms with Gasteiger partial charge in [0.1, 0.15) is 6.04 Å². The third kappa shape index (κ3) is 6.62. The molecule has 0 amide bonds. The van der Waals surface area contributed by atoms with Crippen LogP contribution in [0.15, 0.2) is 0 Å². The number of aliphatic carboxylic acids is 2. The standard InChI is InChI=1S/C17H35NO7Si/c1-6-17(7-2,16(21)22)14(15(19)20)18-12-11-13-26(23-8-3,24-9-4)25-10-5/h14,18H,6-13H2,1-5H3,(H,19,20)(H,21,22)/t14-/m1/s1. The van der Waals surface area contributed by atoms with Crippen molar-refractivity contribution >= 4 is 20.7 Å². The molecule has 0 bridgehead atoms. The first-order valence-corrected chi connectivity index (χ1v) is 11.3. The minimum absolute atomic E-state index is 0.234. The Morgan fingerprint density at radius 1 is 0.962 bits per heavy atom. The predicted molar refractivity (Wildman–Crippen MR) is 100 cm³/mol. The van der Waals surface area contributed by atoms with Crippen molar-refractivity contribution in [2.75, 3.05) is 26.4 Å². The molecule has 9 heteroatoms. The molecule has 0 aromatic rings. The van der Waals surface area contributed by atoms with Crippen molar-refractivity contribution < 1.29 is 33.1 Å². The van der Waals surface area contributed by atoms with Crippen LogP contribution in [0.5, 0.6) is 0 Å². The molecule has 0 saturated heterocycles. The van der Waals surface area contributed by atoms with Gasteiger partial charge in [0.05, 0.1) is 5.41 Å². The minimum atomic E-state index is -2.78. The van der Waals surface area contributed by atoms with Gasteiger partial charge in [-0.3, -0.25) is 9.59 Å². The van der Waals surface area contributed by atoms with Crippen molar-refractivity contribution in [2.45, 2.75) is 66.0 Å². The van der Waals surface area contributed by atoms with E-state index in [1.807, 2.05) is 20.8 Å². The van der Waals surface area contributed by atoms with Crippen LogP contribution in [-0.4, -0.2) is 63.4 Å². The summed E-state index contributed by atoms with van der Waals surface area (Å²) >= 11 is 0. The number of hydrogen-bond acceptors (Lipinski definition) is 6. The average Bonchev–Trinajstić information content (AvgIpc) is 2.58. The first-order valence-electron chi connectivity index (χ1n) is 9.40. The Bertz CT molecular complexity index is 412. The fraction of sp³-hybridized carbons (Fsp3) is 0.882. The Kier molecular flexibility index (Phi) is 11.9. The van der Waals surface area contributed by atoms with Crippen molar-refractivity contribution in [1.29, 1.82) is 0 Å². The molecule has 0 aromatic carbocycles. The molecule has 0 unspecified atom stereocenters. The van der Waals surface area contributed by atoms with E-state index in [0.717, 1.165) is 0 Å². The fourth-order valence-electron chi connectivity index (χ4n) is 3.16. The monoisotopic (exact) mass is 393 g/mol. The first kappa shape index (κ1) is 25.0. The van der Waals surface area contributed by atoms with E-state index in [4.69, 9.17) is 13.3 Å². The molecule has 26 heavy (non-hydrogen) atoms. The van der Waals surface area contributed by atoms with Gasteiger partial charge in [0, 0.05) is 25.9 Å². The summed E-state index contributed by atoms with van der Waals surface area (Å²) in [4.78, 5) is 23.4. The zero-order chi connectivity index (χ0) is 20.2. The van der Waals surface area contributed by atoms with E-state index in [9.17, 15) is 19.8 Å². The molecule has 0 radical (unpaired) electrons. The van der Waals surface area contributed by atoms with Crippen LogP contribution in [0.25, 0.3) is 0 Å². The summed E-state index contributed by atoms with van der Waals surface area (Å²) in [5, 5.41) is 22.0. The number of carbonyl (C=O) groups is 2. The highest BCUT2D eigenvalue weighted by Crippen LogP contribution is 2.31. The maximum atomic E-state index is 11.7. The molecule has 0 spiro atoms. The molecular weight excluding hydrogens is 358 g/mol. The van der Waals surface area contributed by atoms with Crippen LogP contribution in [0, 0.1) is 5.41 Å². The van der Waals surface area contributed by atoms with Crippen molar-refractivity contribution in [1.82, 2.24) is 5.32 Å².